The third-order valence-electron chi connectivity index (χ3n) is 7.29. The van der Waals surface area contributed by atoms with Gasteiger partial charge in [0.1, 0.15) is 18.4 Å². The van der Waals surface area contributed by atoms with Gasteiger partial charge in [0.2, 0.25) is 11.8 Å². The minimum absolute atomic E-state index is 0.0307. The van der Waals surface area contributed by atoms with Crippen LogP contribution >= 0.6 is 0 Å². The predicted octanol–water partition coefficient (Wildman–Crippen LogP) is 5.20. The van der Waals surface area contributed by atoms with Crippen molar-refractivity contribution in [2.75, 3.05) is 10.8 Å². The number of halogens is 1. The van der Waals surface area contributed by atoms with Crippen molar-refractivity contribution >= 4 is 27.5 Å². The molecule has 3 aromatic rings. The van der Waals surface area contributed by atoms with Gasteiger partial charge in [-0.05, 0) is 68.1 Å². The number of benzene rings is 3. The van der Waals surface area contributed by atoms with E-state index in [2.05, 4.69) is 5.32 Å². The molecule has 1 fully saturated rings. The summed E-state index contributed by atoms with van der Waals surface area (Å²) in [6.45, 7) is 3.21. The number of hydrogen-bond acceptors (Lipinski definition) is 4. The predicted molar refractivity (Wildman–Crippen MR) is 154 cm³/mol. The van der Waals surface area contributed by atoms with Crippen molar-refractivity contribution in [2.24, 2.45) is 0 Å². The van der Waals surface area contributed by atoms with Gasteiger partial charge in [0.05, 0.1) is 10.6 Å². The van der Waals surface area contributed by atoms with Crippen LogP contribution in [0.25, 0.3) is 0 Å². The minimum Gasteiger partial charge on any atom is -0.352 e. The summed E-state index contributed by atoms with van der Waals surface area (Å²) in [5, 5.41) is 3.08. The molecular formula is C31H36FN3O4S. The van der Waals surface area contributed by atoms with Gasteiger partial charge in [-0.25, -0.2) is 12.8 Å². The monoisotopic (exact) mass is 565 g/mol. The molecule has 1 aliphatic carbocycles. The number of nitrogens with one attached hydrogen (secondary N) is 1. The Hall–Kier alpha value is -3.72. The molecule has 1 atom stereocenters. The number of aryl methyl sites for hydroxylation is 1. The molecule has 4 rings (SSSR count). The summed E-state index contributed by atoms with van der Waals surface area (Å²) in [4.78, 5) is 28.9. The van der Waals surface area contributed by atoms with E-state index in [0.29, 0.717) is 17.7 Å². The quantitative estimate of drug-likeness (QED) is 0.347. The first-order chi connectivity index (χ1) is 19.2. The van der Waals surface area contributed by atoms with E-state index in [1.807, 2.05) is 13.8 Å². The van der Waals surface area contributed by atoms with E-state index in [4.69, 9.17) is 0 Å². The van der Waals surface area contributed by atoms with Gasteiger partial charge in [0.15, 0.2) is 0 Å². The standard InChI is InChI=1S/C31H36FN3O4S/c1-3-29(31(37)33-26-9-7-8-10-26)34(21-24-15-17-25(32)18-16-24)30(36)22-35(27-11-5-4-6-12-27)40(38,39)28-19-13-23(2)14-20-28/h4-6,11-20,26,29H,3,7-10,21-22H2,1-2H3,(H,33,37)/t29-/m0/s1. The number of para-hydroxylation sites is 1. The molecule has 0 saturated heterocycles. The summed E-state index contributed by atoms with van der Waals surface area (Å²) in [5.74, 6) is -1.21. The van der Waals surface area contributed by atoms with Gasteiger partial charge < -0.3 is 10.2 Å². The lowest BCUT2D eigenvalue weighted by atomic mass is 10.1. The molecular weight excluding hydrogens is 529 g/mol. The highest BCUT2D eigenvalue weighted by atomic mass is 32.2. The Bertz CT molecular complexity index is 1390. The van der Waals surface area contributed by atoms with E-state index in [-0.39, 0.29) is 23.4 Å². The molecule has 1 N–H and O–H groups in total. The summed E-state index contributed by atoms with van der Waals surface area (Å²) in [7, 11) is -4.11. The van der Waals surface area contributed by atoms with Gasteiger partial charge in [-0.3, -0.25) is 13.9 Å². The molecule has 0 bridgehead atoms. The van der Waals surface area contributed by atoms with Crippen molar-refractivity contribution in [3.63, 3.8) is 0 Å². The van der Waals surface area contributed by atoms with Crippen LogP contribution in [0.3, 0.4) is 0 Å². The zero-order chi connectivity index (χ0) is 28.7. The lowest BCUT2D eigenvalue weighted by molar-refractivity contribution is -0.140. The second-order valence-electron chi connectivity index (χ2n) is 10.2. The topological polar surface area (TPSA) is 86.8 Å². The van der Waals surface area contributed by atoms with Gasteiger partial charge in [0.25, 0.3) is 10.0 Å². The third kappa shape index (κ3) is 7.07. The number of anilines is 1. The molecule has 1 saturated carbocycles. The highest BCUT2D eigenvalue weighted by Gasteiger charge is 2.34. The average molecular weight is 566 g/mol. The molecule has 3 aromatic carbocycles. The summed E-state index contributed by atoms with van der Waals surface area (Å²) in [6, 6.07) is 19.9. The van der Waals surface area contributed by atoms with E-state index in [0.717, 1.165) is 35.6 Å². The summed E-state index contributed by atoms with van der Waals surface area (Å²) >= 11 is 0. The van der Waals surface area contributed by atoms with Gasteiger partial charge in [-0.2, -0.15) is 0 Å². The Morgan fingerprint density at radius 2 is 1.57 bits per heavy atom. The maximum absolute atomic E-state index is 14.0. The van der Waals surface area contributed by atoms with Crippen LogP contribution in [0.15, 0.2) is 83.8 Å². The maximum atomic E-state index is 14.0. The van der Waals surface area contributed by atoms with E-state index in [1.165, 1.54) is 29.2 Å². The lowest BCUT2D eigenvalue weighted by Crippen LogP contribution is -2.53. The zero-order valence-electron chi connectivity index (χ0n) is 22.9. The Morgan fingerprint density at radius 3 is 2.17 bits per heavy atom. The van der Waals surface area contributed by atoms with Crippen LogP contribution in [0.4, 0.5) is 10.1 Å². The average Bonchev–Trinajstić information content (AvgIpc) is 3.46. The normalized spacial score (nSPS) is 14.5. The molecule has 1 aliphatic rings. The van der Waals surface area contributed by atoms with Crippen LogP contribution in [0, 0.1) is 12.7 Å². The second kappa shape index (κ2) is 13.1. The third-order valence-corrected chi connectivity index (χ3v) is 9.07. The van der Waals surface area contributed by atoms with Crippen LogP contribution in [-0.2, 0) is 26.2 Å². The molecule has 2 amide bonds. The SMILES string of the molecule is CC[C@@H](C(=O)NC1CCCC1)N(Cc1ccc(F)cc1)C(=O)CN(c1ccccc1)S(=O)(=O)c1ccc(C)cc1. The number of carbonyl (C=O) groups is 2. The Morgan fingerprint density at radius 1 is 0.950 bits per heavy atom. The molecule has 7 nitrogen and oxygen atoms in total. The summed E-state index contributed by atoms with van der Waals surface area (Å²) < 4.78 is 42.4. The van der Waals surface area contributed by atoms with Gasteiger partial charge in [-0.15, -0.1) is 0 Å². The molecule has 212 valence electrons. The van der Waals surface area contributed by atoms with E-state index in [1.54, 1.807) is 54.6 Å². The van der Waals surface area contributed by atoms with Gasteiger partial charge >= 0.3 is 0 Å². The van der Waals surface area contributed by atoms with Crippen LogP contribution in [0.5, 0.6) is 0 Å². The number of hydrogen-bond donors (Lipinski definition) is 1. The first-order valence-electron chi connectivity index (χ1n) is 13.7. The lowest BCUT2D eigenvalue weighted by Gasteiger charge is -2.33. The number of nitrogens with zero attached hydrogens (tertiary/aromatic N) is 2. The Labute approximate surface area is 236 Å². The largest absolute Gasteiger partial charge is 0.352 e. The summed E-state index contributed by atoms with van der Waals surface area (Å²) in [6.07, 6.45) is 4.21. The zero-order valence-corrected chi connectivity index (χ0v) is 23.7. The van der Waals surface area contributed by atoms with Crippen LogP contribution in [0.1, 0.15) is 50.2 Å². The van der Waals surface area contributed by atoms with Crippen LogP contribution in [-0.4, -0.2) is 43.8 Å². The van der Waals surface area contributed by atoms with Crippen molar-refractivity contribution in [1.82, 2.24) is 10.2 Å². The molecule has 0 aromatic heterocycles. The fourth-order valence-corrected chi connectivity index (χ4v) is 6.45. The molecule has 0 radical (unpaired) electrons. The van der Waals surface area contributed by atoms with Crippen molar-refractivity contribution in [3.05, 3.63) is 95.8 Å². The maximum Gasteiger partial charge on any atom is 0.264 e. The molecule has 9 heteroatoms. The number of sulfonamides is 1. The highest BCUT2D eigenvalue weighted by molar-refractivity contribution is 7.92. The minimum atomic E-state index is -4.11. The molecule has 0 heterocycles. The van der Waals surface area contributed by atoms with E-state index in [9.17, 15) is 22.4 Å². The van der Waals surface area contributed by atoms with Crippen LogP contribution in [0.2, 0.25) is 0 Å². The smallest absolute Gasteiger partial charge is 0.264 e. The van der Waals surface area contributed by atoms with Crippen molar-refractivity contribution in [3.8, 4) is 0 Å². The van der Waals surface area contributed by atoms with Gasteiger partial charge in [-0.1, -0.05) is 67.8 Å². The van der Waals surface area contributed by atoms with Crippen LogP contribution < -0.4 is 9.62 Å². The van der Waals surface area contributed by atoms with E-state index < -0.39 is 34.3 Å². The van der Waals surface area contributed by atoms with Crippen molar-refractivity contribution in [2.45, 2.75) is 69.5 Å². The van der Waals surface area contributed by atoms with E-state index >= 15 is 0 Å². The first-order valence-corrected chi connectivity index (χ1v) is 15.1. The number of rotatable bonds is 11. The Balaban J connectivity index is 1.68. The number of carbonyl (C=O) groups excluding carboxylic acids is 2. The molecule has 0 aliphatic heterocycles. The summed E-state index contributed by atoms with van der Waals surface area (Å²) in [5.41, 5.74) is 1.88. The fraction of sp³-hybridized carbons (Fsp3) is 0.355. The highest BCUT2D eigenvalue weighted by Crippen LogP contribution is 2.25. The Kier molecular flexibility index (Phi) is 9.58. The van der Waals surface area contributed by atoms with Crippen molar-refractivity contribution in [1.29, 1.82) is 0 Å². The van der Waals surface area contributed by atoms with Crippen molar-refractivity contribution < 1.29 is 22.4 Å². The second-order valence-corrected chi connectivity index (χ2v) is 12.1. The fourth-order valence-electron chi connectivity index (χ4n) is 5.03. The molecule has 0 unspecified atom stereocenters. The molecule has 40 heavy (non-hydrogen) atoms. The van der Waals surface area contributed by atoms with Gasteiger partial charge in [0, 0.05) is 12.6 Å². The molecule has 0 spiro atoms. The number of amides is 2. The first kappa shape index (κ1) is 29.3.